The van der Waals surface area contributed by atoms with E-state index in [4.69, 9.17) is 15.4 Å². The molecule has 0 amide bonds. The van der Waals surface area contributed by atoms with Gasteiger partial charge in [0, 0.05) is 28.9 Å². The number of methoxy groups -OCH3 is 1. The molecule has 0 aliphatic carbocycles. The van der Waals surface area contributed by atoms with Gasteiger partial charge in [0.05, 0.1) is 12.9 Å². The smallest absolute Gasteiger partial charge is 0.232 e. The van der Waals surface area contributed by atoms with Crippen molar-refractivity contribution in [2.75, 3.05) is 12.9 Å². The Bertz CT molecular complexity index is 405. The lowest BCUT2D eigenvalue weighted by Crippen LogP contribution is -2.03. The quantitative estimate of drug-likeness (QED) is 0.736. The number of ether oxygens (including phenoxy) is 1. The molecule has 0 radical (unpaired) electrons. The van der Waals surface area contributed by atoms with Crippen LogP contribution in [0.1, 0.15) is 5.69 Å². The Hall–Kier alpha value is -0.810. The van der Waals surface area contributed by atoms with Gasteiger partial charge >= 0.3 is 0 Å². The zero-order valence-electron chi connectivity index (χ0n) is 7.60. The fourth-order valence-electron chi connectivity index (χ4n) is 0.937. The molecular weight excluding hydrogens is 226 g/mol. The second-order valence-corrected chi connectivity index (χ2v) is 5.56. The summed E-state index contributed by atoms with van der Waals surface area (Å²) in [5.41, 5.74) is 0.647. The average Bonchev–Trinajstić information content (AvgIpc) is 2.14. The van der Waals surface area contributed by atoms with Crippen molar-refractivity contribution in [2.24, 2.45) is 0 Å². The Morgan fingerprint density at radius 2 is 2.21 bits per heavy atom. The Morgan fingerprint density at radius 3 is 2.79 bits per heavy atom. The van der Waals surface area contributed by atoms with Gasteiger partial charge in [-0.05, 0) is 6.07 Å². The third-order valence-corrected chi connectivity index (χ3v) is 2.75. The maximum Gasteiger partial charge on any atom is 0.232 e. The molecule has 0 aliphatic rings. The van der Waals surface area contributed by atoms with Crippen molar-refractivity contribution in [3.8, 4) is 5.88 Å². The van der Waals surface area contributed by atoms with Crippen LogP contribution in [0.2, 0.25) is 0 Å². The topological polar surface area (TPSA) is 56.3 Å². The van der Waals surface area contributed by atoms with E-state index in [1.807, 2.05) is 0 Å². The van der Waals surface area contributed by atoms with Crippen LogP contribution >= 0.6 is 10.7 Å². The van der Waals surface area contributed by atoms with Gasteiger partial charge in [0.2, 0.25) is 14.9 Å². The van der Waals surface area contributed by atoms with Gasteiger partial charge in [0.25, 0.3) is 0 Å². The van der Waals surface area contributed by atoms with Crippen molar-refractivity contribution in [1.82, 2.24) is 4.98 Å². The Balaban J connectivity index is 2.68. The predicted octanol–water partition coefficient (Wildman–Crippen LogP) is 1.20. The summed E-state index contributed by atoms with van der Waals surface area (Å²) in [4.78, 5) is 4.05. The van der Waals surface area contributed by atoms with E-state index in [0.717, 1.165) is 0 Å². The largest absolute Gasteiger partial charge is 0.481 e. The molecule has 1 aromatic rings. The van der Waals surface area contributed by atoms with Crippen LogP contribution in [0.3, 0.4) is 0 Å². The molecular formula is C8H10ClNO3S. The molecule has 14 heavy (non-hydrogen) atoms. The van der Waals surface area contributed by atoms with E-state index in [1.54, 1.807) is 18.2 Å². The van der Waals surface area contributed by atoms with E-state index in [2.05, 4.69) is 4.98 Å². The van der Waals surface area contributed by atoms with Gasteiger partial charge in [-0.15, -0.1) is 0 Å². The van der Waals surface area contributed by atoms with Gasteiger partial charge in [-0.1, -0.05) is 6.07 Å². The third-order valence-electron chi connectivity index (χ3n) is 1.59. The van der Waals surface area contributed by atoms with Crippen molar-refractivity contribution in [1.29, 1.82) is 0 Å². The number of hydrogen-bond donors (Lipinski definition) is 0. The first kappa shape index (κ1) is 11.3. The van der Waals surface area contributed by atoms with E-state index in [9.17, 15) is 8.42 Å². The molecule has 0 N–H and O–H groups in total. The normalized spacial score (nSPS) is 11.3. The van der Waals surface area contributed by atoms with E-state index >= 15 is 0 Å². The molecule has 1 rings (SSSR count). The van der Waals surface area contributed by atoms with Crippen molar-refractivity contribution in [3.05, 3.63) is 23.9 Å². The van der Waals surface area contributed by atoms with Gasteiger partial charge < -0.3 is 4.74 Å². The molecule has 0 saturated heterocycles. The van der Waals surface area contributed by atoms with E-state index in [-0.39, 0.29) is 5.75 Å². The fraction of sp³-hybridized carbons (Fsp3) is 0.375. The second-order valence-electron chi connectivity index (χ2n) is 2.66. The Morgan fingerprint density at radius 1 is 1.50 bits per heavy atom. The minimum absolute atomic E-state index is 0.116. The zero-order chi connectivity index (χ0) is 10.6. The van der Waals surface area contributed by atoms with Crippen LogP contribution in [0, 0.1) is 0 Å². The molecule has 0 aromatic carbocycles. The molecule has 0 unspecified atom stereocenters. The van der Waals surface area contributed by atoms with E-state index in [1.165, 1.54) is 7.11 Å². The first-order valence-electron chi connectivity index (χ1n) is 3.93. The molecule has 0 fully saturated rings. The average molecular weight is 236 g/mol. The van der Waals surface area contributed by atoms with Crippen molar-refractivity contribution < 1.29 is 13.2 Å². The van der Waals surface area contributed by atoms with Crippen molar-refractivity contribution in [3.63, 3.8) is 0 Å². The summed E-state index contributed by atoms with van der Waals surface area (Å²) < 4.78 is 26.2. The van der Waals surface area contributed by atoms with Gasteiger partial charge in [0.15, 0.2) is 0 Å². The molecule has 0 spiro atoms. The highest BCUT2D eigenvalue weighted by Crippen LogP contribution is 2.08. The summed E-state index contributed by atoms with van der Waals surface area (Å²) in [5, 5.41) is 0. The highest BCUT2D eigenvalue weighted by Gasteiger charge is 2.06. The molecule has 0 bridgehead atoms. The van der Waals surface area contributed by atoms with Crippen molar-refractivity contribution in [2.45, 2.75) is 6.42 Å². The maximum absolute atomic E-state index is 10.7. The maximum atomic E-state index is 10.7. The number of aromatic nitrogens is 1. The van der Waals surface area contributed by atoms with Gasteiger partial charge in [0.1, 0.15) is 0 Å². The molecule has 0 aliphatic heterocycles. The van der Waals surface area contributed by atoms with E-state index < -0.39 is 9.05 Å². The molecule has 6 heteroatoms. The number of pyridine rings is 1. The first-order chi connectivity index (χ1) is 6.51. The van der Waals surface area contributed by atoms with Crippen LogP contribution in [-0.4, -0.2) is 26.3 Å². The molecule has 0 atom stereocenters. The summed E-state index contributed by atoms with van der Waals surface area (Å²) in [6.07, 6.45) is 0.295. The first-order valence-corrected chi connectivity index (χ1v) is 6.41. The minimum Gasteiger partial charge on any atom is -0.481 e. The van der Waals surface area contributed by atoms with Gasteiger partial charge in [-0.25, -0.2) is 13.4 Å². The number of hydrogen-bond acceptors (Lipinski definition) is 4. The lowest BCUT2D eigenvalue weighted by Gasteiger charge is -2.01. The highest BCUT2D eigenvalue weighted by molar-refractivity contribution is 8.13. The summed E-state index contributed by atoms with van der Waals surface area (Å²) in [7, 11) is 3.12. The summed E-state index contributed by atoms with van der Waals surface area (Å²) in [5.74, 6) is 0.351. The summed E-state index contributed by atoms with van der Waals surface area (Å²) >= 11 is 0. The number of nitrogens with zero attached hydrogens (tertiary/aromatic N) is 1. The molecule has 0 saturated carbocycles. The van der Waals surface area contributed by atoms with Crippen LogP contribution in [0.4, 0.5) is 0 Å². The Labute approximate surface area is 87.3 Å². The van der Waals surface area contributed by atoms with Crippen LogP contribution in [0.25, 0.3) is 0 Å². The molecule has 78 valence electrons. The molecule has 4 nitrogen and oxygen atoms in total. The number of rotatable bonds is 4. The minimum atomic E-state index is -3.45. The second kappa shape index (κ2) is 4.61. The number of aryl methyl sites for hydroxylation is 1. The SMILES string of the molecule is COc1cccc(CCS(=O)(=O)Cl)n1. The standard InChI is InChI=1S/C8H10ClNO3S/c1-13-8-4-2-3-7(10-8)5-6-14(9,11)12/h2-4H,5-6H2,1H3. The highest BCUT2D eigenvalue weighted by atomic mass is 35.7. The lowest BCUT2D eigenvalue weighted by molar-refractivity contribution is 0.396. The molecule has 1 aromatic heterocycles. The van der Waals surface area contributed by atoms with E-state index in [0.29, 0.717) is 18.0 Å². The fourth-order valence-corrected chi connectivity index (χ4v) is 1.62. The Kier molecular flexibility index (Phi) is 3.71. The van der Waals surface area contributed by atoms with Crippen LogP contribution in [0.5, 0.6) is 5.88 Å². The van der Waals surface area contributed by atoms with Crippen molar-refractivity contribution >= 4 is 19.7 Å². The number of halogens is 1. The third kappa shape index (κ3) is 3.93. The monoisotopic (exact) mass is 235 g/mol. The zero-order valence-corrected chi connectivity index (χ0v) is 9.18. The molecule has 1 heterocycles. The summed E-state index contributed by atoms with van der Waals surface area (Å²) in [6.45, 7) is 0. The van der Waals surface area contributed by atoms with Gasteiger partial charge in [-0.3, -0.25) is 0 Å². The van der Waals surface area contributed by atoms with Gasteiger partial charge in [-0.2, -0.15) is 0 Å². The predicted molar refractivity (Wildman–Crippen MR) is 54.1 cm³/mol. The van der Waals surface area contributed by atoms with Crippen LogP contribution in [0.15, 0.2) is 18.2 Å². The van der Waals surface area contributed by atoms with Crippen LogP contribution < -0.4 is 4.74 Å². The summed E-state index contributed by atoms with van der Waals surface area (Å²) in [6, 6.07) is 5.17. The lowest BCUT2D eigenvalue weighted by atomic mass is 10.3. The van der Waals surface area contributed by atoms with Crippen LogP contribution in [-0.2, 0) is 15.5 Å².